The fraction of sp³-hybridized carbons (Fsp3) is 0.103. The molecule has 148 valence electrons. The van der Waals surface area contributed by atoms with Crippen molar-refractivity contribution in [2.45, 2.75) is 18.9 Å². The highest BCUT2D eigenvalue weighted by atomic mass is 15.2. The van der Waals surface area contributed by atoms with Gasteiger partial charge in [0, 0.05) is 29.3 Å². The number of fused-ring (bicyclic) bond motifs is 2. The molecule has 31 heavy (non-hydrogen) atoms. The Kier molecular flexibility index (Phi) is 4.35. The minimum atomic E-state index is 0.120. The van der Waals surface area contributed by atoms with E-state index >= 15 is 0 Å². The van der Waals surface area contributed by atoms with Crippen molar-refractivity contribution in [1.29, 1.82) is 0 Å². The van der Waals surface area contributed by atoms with Crippen LogP contribution in [0, 0.1) is 0 Å². The molecule has 0 saturated heterocycles. The average Bonchev–Trinajstić information content (AvgIpc) is 3.23. The first-order chi connectivity index (χ1) is 15.4. The van der Waals surface area contributed by atoms with E-state index in [0.717, 1.165) is 12.8 Å². The lowest BCUT2D eigenvalue weighted by Crippen LogP contribution is -2.34. The Hall–Kier alpha value is -3.78. The van der Waals surface area contributed by atoms with Gasteiger partial charge in [0.1, 0.15) is 0 Å². The van der Waals surface area contributed by atoms with Crippen molar-refractivity contribution in [3.05, 3.63) is 137 Å². The summed E-state index contributed by atoms with van der Waals surface area (Å²) in [7, 11) is 0. The summed E-state index contributed by atoms with van der Waals surface area (Å²) in [4.78, 5) is 0. The lowest BCUT2D eigenvalue weighted by molar-refractivity contribution is -0.570. The van der Waals surface area contributed by atoms with Crippen molar-refractivity contribution in [3.8, 4) is 11.1 Å². The van der Waals surface area contributed by atoms with Gasteiger partial charge in [0.15, 0.2) is 6.20 Å². The highest BCUT2D eigenvalue weighted by Gasteiger charge is 2.44. The van der Waals surface area contributed by atoms with Crippen LogP contribution in [-0.4, -0.2) is 10.9 Å². The highest BCUT2D eigenvalue weighted by molar-refractivity contribution is 5.68. The molecule has 2 aliphatic carbocycles. The fourth-order valence-electron chi connectivity index (χ4n) is 4.98. The topological polar surface area (TPSA) is 6.89 Å². The predicted octanol–water partition coefficient (Wildman–Crippen LogP) is 5.73. The summed E-state index contributed by atoms with van der Waals surface area (Å²) in [6.07, 6.45) is 17.8. The predicted molar refractivity (Wildman–Crippen MR) is 125 cm³/mol. The SMILES string of the molecule is C1=CCC2=C([N+]3=C[n+]4ccccc4C3c3ccccc3-c3ccccc3)C=CCC2=C1. The maximum absolute atomic E-state index is 2.47. The molecule has 0 amide bonds. The van der Waals surface area contributed by atoms with Crippen molar-refractivity contribution < 1.29 is 9.14 Å². The van der Waals surface area contributed by atoms with Crippen molar-refractivity contribution in [2.24, 2.45) is 0 Å². The fourth-order valence-corrected chi connectivity index (χ4v) is 4.98. The van der Waals surface area contributed by atoms with Crippen LogP contribution >= 0.6 is 0 Å². The monoisotopic (exact) mass is 400 g/mol. The second-order valence-corrected chi connectivity index (χ2v) is 8.21. The lowest BCUT2D eigenvalue weighted by Gasteiger charge is -2.19. The van der Waals surface area contributed by atoms with Crippen LogP contribution in [0.2, 0.25) is 0 Å². The van der Waals surface area contributed by atoms with Gasteiger partial charge in [-0.15, -0.1) is 9.14 Å². The Labute approximate surface area is 183 Å². The van der Waals surface area contributed by atoms with Crippen LogP contribution < -0.4 is 4.57 Å². The molecule has 0 bridgehead atoms. The Bertz CT molecular complexity index is 1320. The van der Waals surface area contributed by atoms with E-state index in [9.17, 15) is 0 Å². The molecule has 3 aromatic rings. The molecule has 0 spiro atoms. The van der Waals surface area contributed by atoms with Crippen molar-refractivity contribution in [2.75, 3.05) is 0 Å². The van der Waals surface area contributed by atoms with E-state index in [0.29, 0.717) is 0 Å². The third-order valence-corrected chi connectivity index (χ3v) is 6.41. The molecular weight excluding hydrogens is 376 g/mol. The van der Waals surface area contributed by atoms with Crippen molar-refractivity contribution in [1.82, 2.24) is 0 Å². The largest absolute Gasteiger partial charge is 0.414 e. The highest BCUT2D eigenvalue weighted by Crippen LogP contribution is 2.39. The molecular formula is C29H24N2+2. The van der Waals surface area contributed by atoms with E-state index in [-0.39, 0.29) is 6.04 Å². The number of benzene rings is 2. The smallest absolute Gasteiger partial charge is 0.124 e. The summed E-state index contributed by atoms with van der Waals surface area (Å²) in [6, 6.07) is 26.2. The standard InChI is InChI=1S/C29H24N2/c1-2-11-22(12-3-1)24-15-6-7-17-26(24)29-28-18-8-9-20-30(28)21-31(29)27-19-10-14-23-13-4-5-16-25(23)27/h1-13,15,17-21,29H,14,16H2/q+2. The maximum Gasteiger partial charge on any atom is 0.414 e. The number of rotatable bonds is 3. The summed E-state index contributed by atoms with van der Waals surface area (Å²) < 4.78 is 4.74. The first-order valence-electron chi connectivity index (χ1n) is 10.9. The molecule has 0 saturated carbocycles. The zero-order valence-corrected chi connectivity index (χ0v) is 17.4. The molecule has 1 atom stereocenters. The van der Waals surface area contributed by atoms with Crippen molar-refractivity contribution >= 4 is 6.34 Å². The van der Waals surface area contributed by atoms with Crippen LogP contribution in [0.1, 0.15) is 30.1 Å². The van der Waals surface area contributed by atoms with E-state index in [1.807, 2.05) is 0 Å². The Morgan fingerprint density at radius 2 is 1.61 bits per heavy atom. The van der Waals surface area contributed by atoms with Gasteiger partial charge in [0.25, 0.3) is 11.7 Å². The molecule has 1 aliphatic heterocycles. The van der Waals surface area contributed by atoms with Crippen LogP contribution in [0.3, 0.4) is 0 Å². The molecule has 3 aliphatic rings. The zero-order valence-electron chi connectivity index (χ0n) is 17.4. The molecule has 2 heterocycles. The summed E-state index contributed by atoms with van der Waals surface area (Å²) >= 11 is 0. The van der Waals surface area contributed by atoms with Gasteiger partial charge in [0.2, 0.25) is 5.70 Å². The average molecular weight is 401 g/mol. The summed E-state index contributed by atoms with van der Waals surface area (Å²) in [6.45, 7) is 0. The van der Waals surface area contributed by atoms with E-state index in [2.05, 4.69) is 125 Å². The third kappa shape index (κ3) is 3.03. The minimum absolute atomic E-state index is 0.120. The molecule has 1 aromatic heterocycles. The van der Waals surface area contributed by atoms with Gasteiger partial charge < -0.3 is 0 Å². The Morgan fingerprint density at radius 3 is 2.55 bits per heavy atom. The van der Waals surface area contributed by atoms with Crippen LogP contribution in [0.4, 0.5) is 0 Å². The molecule has 2 aromatic carbocycles. The summed E-state index contributed by atoms with van der Waals surface area (Å²) in [5.41, 5.74) is 9.33. The van der Waals surface area contributed by atoms with Crippen LogP contribution in [0.5, 0.6) is 0 Å². The number of hydrogen-bond acceptors (Lipinski definition) is 0. The quantitative estimate of drug-likeness (QED) is 0.496. The van der Waals surface area contributed by atoms with E-state index < -0.39 is 0 Å². The molecule has 2 heteroatoms. The normalized spacial score (nSPS) is 19.0. The molecule has 2 nitrogen and oxygen atoms in total. The molecule has 0 fully saturated rings. The van der Waals surface area contributed by atoms with Crippen LogP contribution in [-0.2, 0) is 0 Å². The van der Waals surface area contributed by atoms with Gasteiger partial charge in [-0.2, -0.15) is 0 Å². The van der Waals surface area contributed by atoms with Gasteiger partial charge in [-0.25, -0.2) is 0 Å². The molecule has 0 radical (unpaired) electrons. The minimum Gasteiger partial charge on any atom is -0.124 e. The van der Waals surface area contributed by atoms with E-state index in [1.165, 1.54) is 39.2 Å². The number of aromatic nitrogens is 1. The number of nitrogens with zero attached hydrogens (tertiary/aromatic N) is 2. The molecule has 6 rings (SSSR count). The van der Waals surface area contributed by atoms with Gasteiger partial charge in [0.05, 0.1) is 0 Å². The third-order valence-electron chi connectivity index (χ3n) is 6.41. The van der Waals surface area contributed by atoms with Crippen LogP contribution in [0.25, 0.3) is 11.1 Å². The first-order valence-corrected chi connectivity index (χ1v) is 10.9. The van der Waals surface area contributed by atoms with Gasteiger partial charge >= 0.3 is 6.34 Å². The van der Waals surface area contributed by atoms with E-state index in [1.54, 1.807) is 0 Å². The lowest BCUT2D eigenvalue weighted by atomic mass is 9.88. The second-order valence-electron chi connectivity index (χ2n) is 8.21. The molecule has 1 unspecified atom stereocenters. The molecule has 0 N–H and O–H groups in total. The van der Waals surface area contributed by atoms with Gasteiger partial charge in [-0.3, -0.25) is 0 Å². The first kappa shape index (κ1) is 18.0. The second kappa shape index (κ2) is 7.48. The number of pyridine rings is 1. The Morgan fingerprint density at radius 1 is 0.774 bits per heavy atom. The number of allylic oxidation sites excluding steroid dienone is 7. The zero-order chi connectivity index (χ0) is 20.6. The van der Waals surface area contributed by atoms with E-state index in [4.69, 9.17) is 0 Å². The van der Waals surface area contributed by atoms with Gasteiger partial charge in [-0.1, -0.05) is 78.9 Å². The number of hydrogen-bond donors (Lipinski definition) is 0. The van der Waals surface area contributed by atoms with Crippen molar-refractivity contribution in [3.63, 3.8) is 0 Å². The Balaban J connectivity index is 1.57. The maximum atomic E-state index is 2.47. The summed E-state index contributed by atoms with van der Waals surface area (Å²) in [5.74, 6) is 0. The van der Waals surface area contributed by atoms with Crippen LogP contribution in [0.15, 0.2) is 126 Å². The summed E-state index contributed by atoms with van der Waals surface area (Å²) in [5, 5.41) is 0. The van der Waals surface area contributed by atoms with Gasteiger partial charge in [-0.05, 0) is 35.6 Å².